The van der Waals surface area contributed by atoms with Gasteiger partial charge in [0.2, 0.25) is 0 Å². The Morgan fingerprint density at radius 2 is 2.00 bits per heavy atom. The first-order valence-corrected chi connectivity index (χ1v) is 3.22. The predicted molar refractivity (Wildman–Crippen MR) is 33.4 cm³/mol. The first kappa shape index (κ1) is 8.43. The highest BCUT2D eigenvalue weighted by Gasteiger charge is 2.42. The Morgan fingerprint density at radius 3 is 2.27 bits per heavy atom. The topological polar surface area (TPSA) is 93.7 Å². The van der Waals surface area contributed by atoms with Crippen molar-refractivity contribution in [1.29, 1.82) is 5.26 Å². The second kappa shape index (κ2) is 3.15. The summed E-state index contributed by atoms with van der Waals surface area (Å²) in [5, 5.41) is 35.0. The van der Waals surface area contributed by atoms with Crippen molar-refractivity contribution in [2.45, 2.75) is 24.4 Å². The van der Waals surface area contributed by atoms with E-state index in [9.17, 15) is 0 Å². The van der Waals surface area contributed by atoms with Gasteiger partial charge < -0.3 is 20.1 Å². The Labute approximate surface area is 63.4 Å². The van der Waals surface area contributed by atoms with Crippen LogP contribution in [-0.4, -0.2) is 46.3 Å². The van der Waals surface area contributed by atoms with Gasteiger partial charge in [-0.1, -0.05) is 0 Å². The first-order valence-electron chi connectivity index (χ1n) is 3.22. The smallest absolute Gasteiger partial charge is 0.172 e. The van der Waals surface area contributed by atoms with Crippen LogP contribution in [0.3, 0.4) is 0 Å². The highest BCUT2D eigenvalue weighted by Crippen LogP contribution is 2.19. The van der Waals surface area contributed by atoms with Gasteiger partial charge >= 0.3 is 0 Å². The standard InChI is InChI=1S/C6H9NO4/c7-1-3-5(9)6(10)4(2-8)11-3/h3-6,8-10H,2H2/t3-,4+,5-,6+/m0/s1. The van der Waals surface area contributed by atoms with E-state index in [0.717, 1.165) is 0 Å². The fourth-order valence-corrected chi connectivity index (χ4v) is 1.01. The van der Waals surface area contributed by atoms with Crippen LogP contribution in [0, 0.1) is 11.3 Å². The molecular formula is C6H9NO4. The van der Waals surface area contributed by atoms with E-state index in [1.165, 1.54) is 0 Å². The Bertz CT molecular complexity index is 178. The fraction of sp³-hybridized carbons (Fsp3) is 0.833. The predicted octanol–water partition coefficient (Wildman–Crippen LogP) is -2.01. The molecule has 11 heavy (non-hydrogen) atoms. The monoisotopic (exact) mass is 159 g/mol. The van der Waals surface area contributed by atoms with Crippen LogP contribution in [0.4, 0.5) is 0 Å². The molecule has 0 aliphatic carbocycles. The molecule has 3 N–H and O–H groups in total. The number of ether oxygens (including phenoxy) is 1. The minimum Gasteiger partial charge on any atom is -0.394 e. The number of aliphatic hydroxyl groups excluding tert-OH is 3. The lowest BCUT2D eigenvalue weighted by Gasteiger charge is -2.09. The molecule has 0 bridgehead atoms. The third kappa shape index (κ3) is 1.34. The minimum atomic E-state index is -1.21. The summed E-state index contributed by atoms with van der Waals surface area (Å²) in [6, 6.07) is 1.67. The van der Waals surface area contributed by atoms with E-state index in [4.69, 9.17) is 25.3 Å². The van der Waals surface area contributed by atoms with E-state index in [0.29, 0.717) is 0 Å². The van der Waals surface area contributed by atoms with Crippen LogP contribution in [0.2, 0.25) is 0 Å². The summed E-state index contributed by atoms with van der Waals surface area (Å²) in [7, 11) is 0. The zero-order valence-corrected chi connectivity index (χ0v) is 5.71. The number of nitriles is 1. The molecule has 0 aromatic rings. The Hall–Kier alpha value is -0.670. The molecule has 62 valence electrons. The van der Waals surface area contributed by atoms with E-state index >= 15 is 0 Å². The fourth-order valence-electron chi connectivity index (χ4n) is 1.01. The average molecular weight is 159 g/mol. The maximum atomic E-state index is 9.07. The molecular weight excluding hydrogens is 150 g/mol. The van der Waals surface area contributed by atoms with E-state index in [-0.39, 0.29) is 0 Å². The first-order chi connectivity index (χ1) is 5.20. The molecule has 1 rings (SSSR count). The van der Waals surface area contributed by atoms with Crippen molar-refractivity contribution in [1.82, 2.24) is 0 Å². The minimum absolute atomic E-state index is 0.392. The van der Waals surface area contributed by atoms with Gasteiger partial charge in [0.1, 0.15) is 18.3 Å². The number of nitrogens with zero attached hydrogens (tertiary/aromatic N) is 1. The van der Waals surface area contributed by atoms with Crippen LogP contribution in [0.15, 0.2) is 0 Å². The molecule has 1 aliphatic heterocycles. The highest BCUT2D eigenvalue weighted by molar-refractivity contribution is 5.01. The number of aliphatic hydroxyl groups is 3. The Kier molecular flexibility index (Phi) is 2.42. The summed E-state index contributed by atoms with van der Waals surface area (Å²) in [5.41, 5.74) is 0. The van der Waals surface area contributed by atoms with Crippen LogP contribution in [0.1, 0.15) is 0 Å². The third-order valence-electron chi connectivity index (χ3n) is 1.67. The quantitative estimate of drug-likeness (QED) is 0.411. The van der Waals surface area contributed by atoms with E-state index in [2.05, 4.69) is 0 Å². The zero-order valence-electron chi connectivity index (χ0n) is 5.71. The third-order valence-corrected chi connectivity index (χ3v) is 1.67. The van der Waals surface area contributed by atoms with Crippen molar-refractivity contribution in [2.24, 2.45) is 0 Å². The van der Waals surface area contributed by atoms with Crippen LogP contribution in [0.5, 0.6) is 0 Å². The number of rotatable bonds is 1. The van der Waals surface area contributed by atoms with E-state index < -0.39 is 31.0 Å². The normalized spacial score (nSPS) is 43.8. The van der Waals surface area contributed by atoms with Gasteiger partial charge in [-0.05, 0) is 0 Å². The molecule has 0 aromatic carbocycles. The van der Waals surface area contributed by atoms with Crippen molar-refractivity contribution in [2.75, 3.05) is 6.61 Å². The molecule has 0 unspecified atom stereocenters. The molecule has 5 nitrogen and oxygen atoms in total. The van der Waals surface area contributed by atoms with Gasteiger partial charge in [-0.2, -0.15) is 5.26 Å². The van der Waals surface area contributed by atoms with Gasteiger partial charge in [-0.3, -0.25) is 0 Å². The highest BCUT2D eigenvalue weighted by atomic mass is 16.6. The molecule has 0 aromatic heterocycles. The van der Waals surface area contributed by atoms with Gasteiger partial charge in [-0.15, -0.1) is 0 Å². The lowest BCUT2D eigenvalue weighted by atomic mass is 10.1. The summed E-state index contributed by atoms with van der Waals surface area (Å²) in [4.78, 5) is 0. The number of hydrogen-bond acceptors (Lipinski definition) is 5. The molecule has 4 atom stereocenters. The molecule has 0 radical (unpaired) electrons. The molecule has 5 heteroatoms. The summed E-state index contributed by atoms with van der Waals surface area (Å²) in [6.07, 6.45) is -4.24. The van der Waals surface area contributed by atoms with Gasteiger partial charge in [0.25, 0.3) is 0 Å². The summed E-state index contributed by atoms with van der Waals surface area (Å²) in [5.74, 6) is 0. The van der Waals surface area contributed by atoms with Crippen LogP contribution in [0.25, 0.3) is 0 Å². The van der Waals surface area contributed by atoms with E-state index in [1.54, 1.807) is 6.07 Å². The van der Waals surface area contributed by atoms with Crippen LogP contribution < -0.4 is 0 Å². The van der Waals surface area contributed by atoms with Crippen molar-refractivity contribution in [3.63, 3.8) is 0 Å². The molecule has 0 amide bonds. The van der Waals surface area contributed by atoms with Crippen molar-refractivity contribution >= 4 is 0 Å². The SMILES string of the molecule is N#C[C@@H]1O[C@H](CO)[C@@H](O)[C@H]1O. The molecule has 1 heterocycles. The van der Waals surface area contributed by atoms with Gasteiger partial charge in [-0.25, -0.2) is 0 Å². The molecule has 1 saturated heterocycles. The maximum Gasteiger partial charge on any atom is 0.172 e. The van der Waals surface area contributed by atoms with Gasteiger partial charge in [0.15, 0.2) is 6.10 Å². The zero-order chi connectivity index (χ0) is 8.43. The summed E-state index contributed by atoms with van der Waals surface area (Å²) in [6.45, 7) is -0.392. The molecule has 1 fully saturated rings. The average Bonchev–Trinajstić information content (AvgIpc) is 2.30. The van der Waals surface area contributed by atoms with Crippen LogP contribution >= 0.6 is 0 Å². The second-order valence-electron chi connectivity index (χ2n) is 2.39. The lowest BCUT2D eigenvalue weighted by molar-refractivity contribution is -0.0113. The molecule has 0 spiro atoms. The van der Waals surface area contributed by atoms with Gasteiger partial charge in [0.05, 0.1) is 12.7 Å². The summed E-state index contributed by atoms with van der Waals surface area (Å²) >= 11 is 0. The largest absolute Gasteiger partial charge is 0.394 e. The molecule has 0 saturated carbocycles. The van der Waals surface area contributed by atoms with Crippen molar-refractivity contribution in [3.05, 3.63) is 0 Å². The Morgan fingerprint density at radius 1 is 1.36 bits per heavy atom. The maximum absolute atomic E-state index is 9.07. The summed E-state index contributed by atoms with van der Waals surface area (Å²) < 4.78 is 4.77. The molecule has 1 aliphatic rings. The van der Waals surface area contributed by atoms with Gasteiger partial charge in [0, 0.05) is 0 Å². The number of hydrogen-bond donors (Lipinski definition) is 3. The van der Waals surface area contributed by atoms with E-state index in [1.807, 2.05) is 0 Å². The van der Waals surface area contributed by atoms with Crippen molar-refractivity contribution < 1.29 is 20.1 Å². The Balaban J connectivity index is 2.62. The lowest BCUT2D eigenvalue weighted by Crippen LogP contribution is -2.33. The van der Waals surface area contributed by atoms with Crippen LogP contribution in [-0.2, 0) is 4.74 Å². The van der Waals surface area contributed by atoms with Crippen molar-refractivity contribution in [3.8, 4) is 6.07 Å². The second-order valence-corrected chi connectivity index (χ2v) is 2.39.